The molecule has 10 heteroatoms. The monoisotopic (exact) mass is 495 g/mol. The predicted molar refractivity (Wildman–Crippen MR) is 133 cm³/mol. The maximum Gasteiger partial charge on any atom is 0.243 e. The fourth-order valence-electron chi connectivity index (χ4n) is 3.91. The van der Waals surface area contributed by atoms with Crippen LogP contribution in [0.2, 0.25) is 0 Å². The Labute approximate surface area is 205 Å². The Morgan fingerprint density at radius 3 is 2.46 bits per heavy atom. The number of morpholine rings is 1. The second-order valence-corrected chi connectivity index (χ2v) is 10.2. The zero-order chi connectivity index (χ0) is 24.8. The van der Waals surface area contributed by atoms with E-state index in [2.05, 4.69) is 15.6 Å². The molecule has 9 nitrogen and oxygen atoms in total. The number of benzene rings is 2. The quantitative estimate of drug-likeness (QED) is 0.382. The second-order valence-electron chi connectivity index (χ2n) is 8.29. The van der Waals surface area contributed by atoms with Gasteiger partial charge in [0.05, 0.1) is 41.4 Å². The maximum atomic E-state index is 12.7. The van der Waals surface area contributed by atoms with Crippen molar-refractivity contribution in [2.24, 2.45) is 5.10 Å². The van der Waals surface area contributed by atoms with Gasteiger partial charge in [-0.2, -0.15) is 14.5 Å². The van der Waals surface area contributed by atoms with Gasteiger partial charge < -0.3 is 4.74 Å². The molecule has 1 N–H and O–H groups in total. The number of hydrogen-bond acceptors (Lipinski definition) is 6. The number of hydrogen-bond donors (Lipinski definition) is 1. The topological polar surface area (TPSA) is 106 Å². The standard InChI is InChI=1S/C25H29N5O4S/c1-19-24(20(2)30(28-19)22-6-4-3-5-7-22)18-26-27-25(31)13-10-21-8-11-23(12-9-21)35(32,33)29-14-16-34-17-15-29/h3-9,11-12,18H,10,13-17H2,1-2H3,(H,27,31)/b26-18+. The molecule has 0 radical (unpaired) electrons. The normalized spacial score (nSPS) is 14.9. The Bertz CT molecular complexity index is 1300. The largest absolute Gasteiger partial charge is 0.379 e. The molecule has 0 saturated carbocycles. The first-order valence-corrected chi connectivity index (χ1v) is 12.9. The van der Waals surface area contributed by atoms with Gasteiger partial charge in [0.25, 0.3) is 0 Å². The number of amides is 1. The number of carbonyl (C=O) groups is 1. The van der Waals surface area contributed by atoms with E-state index in [1.165, 1.54) is 4.31 Å². The van der Waals surface area contributed by atoms with Gasteiger partial charge in [-0.15, -0.1) is 0 Å². The molecular formula is C25H29N5O4S. The number of nitrogens with zero attached hydrogens (tertiary/aromatic N) is 4. The SMILES string of the molecule is Cc1nn(-c2ccccc2)c(C)c1/C=N/NC(=O)CCc1ccc(S(=O)(=O)N2CCOCC2)cc1. The van der Waals surface area contributed by atoms with Gasteiger partial charge >= 0.3 is 0 Å². The lowest BCUT2D eigenvalue weighted by atomic mass is 10.1. The second kappa shape index (κ2) is 10.9. The highest BCUT2D eigenvalue weighted by molar-refractivity contribution is 7.89. The number of hydrazone groups is 1. The van der Waals surface area contributed by atoms with E-state index in [-0.39, 0.29) is 17.2 Å². The number of sulfonamides is 1. The molecule has 35 heavy (non-hydrogen) atoms. The first-order valence-electron chi connectivity index (χ1n) is 11.5. The van der Waals surface area contributed by atoms with Crippen molar-refractivity contribution in [1.82, 2.24) is 19.5 Å². The van der Waals surface area contributed by atoms with Crippen molar-refractivity contribution in [1.29, 1.82) is 0 Å². The summed E-state index contributed by atoms with van der Waals surface area (Å²) in [6.07, 6.45) is 2.32. The van der Waals surface area contributed by atoms with Gasteiger partial charge in [0.1, 0.15) is 0 Å². The van der Waals surface area contributed by atoms with Crippen molar-refractivity contribution in [3.63, 3.8) is 0 Å². The van der Waals surface area contributed by atoms with Crippen LogP contribution in [-0.4, -0.2) is 60.9 Å². The molecular weight excluding hydrogens is 466 g/mol. The lowest BCUT2D eigenvalue weighted by molar-refractivity contribution is -0.121. The third-order valence-corrected chi connectivity index (χ3v) is 7.82. The van der Waals surface area contributed by atoms with Crippen LogP contribution in [0.5, 0.6) is 0 Å². The van der Waals surface area contributed by atoms with Crippen LogP contribution in [-0.2, 0) is 26.0 Å². The summed E-state index contributed by atoms with van der Waals surface area (Å²) in [7, 11) is -3.52. The van der Waals surface area contributed by atoms with E-state index in [0.29, 0.717) is 32.7 Å². The Morgan fingerprint density at radius 2 is 1.77 bits per heavy atom. The summed E-state index contributed by atoms with van der Waals surface area (Å²) in [5.41, 5.74) is 7.00. The molecule has 0 atom stereocenters. The molecule has 0 bridgehead atoms. The Hall–Kier alpha value is -3.34. The van der Waals surface area contributed by atoms with Gasteiger partial charge in [-0.25, -0.2) is 18.5 Å². The van der Waals surface area contributed by atoms with Crippen LogP contribution in [0.25, 0.3) is 5.69 Å². The number of ether oxygens (including phenoxy) is 1. The van der Waals surface area contributed by atoms with E-state index in [9.17, 15) is 13.2 Å². The summed E-state index contributed by atoms with van der Waals surface area (Å²) in [4.78, 5) is 12.5. The molecule has 2 aromatic carbocycles. The van der Waals surface area contributed by atoms with Gasteiger partial charge in [0.15, 0.2) is 0 Å². The number of aryl methyl sites for hydroxylation is 2. The Kier molecular flexibility index (Phi) is 7.74. The molecule has 4 rings (SSSR count). The molecule has 2 heterocycles. The van der Waals surface area contributed by atoms with Crippen LogP contribution < -0.4 is 5.43 Å². The first kappa shape index (κ1) is 24.8. The lowest BCUT2D eigenvalue weighted by Gasteiger charge is -2.26. The summed E-state index contributed by atoms with van der Waals surface area (Å²) in [5, 5.41) is 8.68. The molecule has 1 aliphatic heterocycles. The maximum absolute atomic E-state index is 12.7. The highest BCUT2D eigenvalue weighted by Gasteiger charge is 2.26. The van der Waals surface area contributed by atoms with Crippen molar-refractivity contribution in [3.8, 4) is 5.69 Å². The van der Waals surface area contributed by atoms with E-state index in [0.717, 1.165) is 28.2 Å². The molecule has 1 amide bonds. The minimum Gasteiger partial charge on any atom is -0.379 e. The zero-order valence-corrected chi connectivity index (χ0v) is 20.7. The minimum absolute atomic E-state index is 0.225. The van der Waals surface area contributed by atoms with Gasteiger partial charge in [0, 0.05) is 25.1 Å². The van der Waals surface area contributed by atoms with Crippen LogP contribution >= 0.6 is 0 Å². The van der Waals surface area contributed by atoms with Gasteiger partial charge in [-0.1, -0.05) is 30.3 Å². The van der Waals surface area contributed by atoms with Crippen molar-refractivity contribution >= 4 is 22.1 Å². The fourth-order valence-corrected chi connectivity index (χ4v) is 5.32. The van der Waals surface area contributed by atoms with Crippen molar-refractivity contribution in [3.05, 3.63) is 77.1 Å². The van der Waals surface area contributed by atoms with E-state index >= 15 is 0 Å². The summed E-state index contributed by atoms with van der Waals surface area (Å²) < 4.78 is 33.9. The average Bonchev–Trinajstić information content (AvgIpc) is 3.17. The summed E-state index contributed by atoms with van der Waals surface area (Å²) in [6, 6.07) is 16.5. The lowest BCUT2D eigenvalue weighted by Crippen LogP contribution is -2.40. The van der Waals surface area contributed by atoms with Gasteiger partial charge in [-0.05, 0) is 50.1 Å². The first-order chi connectivity index (χ1) is 16.9. The molecule has 184 valence electrons. The molecule has 1 aliphatic rings. The Morgan fingerprint density at radius 1 is 1.09 bits per heavy atom. The van der Waals surface area contributed by atoms with Crippen molar-refractivity contribution < 1.29 is 17.9 Å². The fraction of sp³-hybridized carbons (Fsp3) is 0.320. The highest BCUT2D eigenvalue weighted by Crippen LogP contribution is 2.19. The molecule has 1 saturated heterocycles. The smallest absolute Gasteiger partial charge is 0.243 e. The summed E-state index contributed by atoms with van der Waals surface area (Å²) in [6.45, 7) is 5.39. The number of nitrogens with one attached hydrogen (secondary N) is 1. The van der Waals surface area contributed by atoms with E-state index in [1.807, 2.05) is 48.9 Å². The van der Waals surface area contributed by atoms with E-state index < -0.39 is 10.0 Å². The third kappa shape index (κ3) is 5.84. The van der Waals surface area contributed by atoms with Crippen LogP contribution in [0.4, 0.5) is 0 Å². The molecule has 1 aromatic heterocycles. The van der Waals surface area contributed by atoms with Crippen LogP contribution in [0.3, 0.4) is 0 Å². The number of carbonyl (C=O) groups excluding carboxylic acids is 1. The Balaban J connectivity index is 1.31. The molecule has 0 unspecified atom stereocenters. The average molecular weight is 496 g/mol. The minimum atomic E-state index is -3.52. The number of para-hydroxylation sites is 1. The van der Waals surface area contributed by atoms with Crippen molar-refractivity contribution in [2.75, 3.05) is 26.3 Å². The molecule has 1 fully saturated rings. The molecule has 3 aromatic rings. The van der Waals surface area contributed by atoms with Crippen LogP contribution in [0, 0.1) is 13.8 Å². The van der Waals surface area contributed by atoms with Crippen molar-refractivity contribution in [2.45, 2.75) is 31.6 Å². The van der Waals surface area contributed by atoms with Crippen LogP contribution in [0.15, 0.2) is 64.6 Å². The highest BCUT2D eigenvalue weighted by atomic mass is 32.2. The summed E-state index contributed by atoms with van der Waals surface area (Å²) in [5.74, 6) is -0.225. The predicted octanol–water partition coefficient (Wildman–Crippen LogP) is 2.59. The third-order valence-electron chi connectivity index (χ3n) is 5.90. The van der Waals surface area contributed by atoms with Crippen LogP contribution in [0.1, 0.15) is 28.9 Å². The summed E-state index contributed by atoms with van der Waals surface area (Å²) >= 11 is 0. The number of aromatic nitrogens is 2. The van der Waals surface area contributed by atoms with Gasteiger partial charge in [0.2, 0.25) is 15.9 Å². The molecule has 0 spiro atoms. The number of rotatable bonds is 8. The van der Waals surface area contributed by atoms with Gasteiger partial charge in [-0.3, -0.25) is 4.79 Å². The zero-order valence-electron chi connectivity index (χ0n) is 19.8. The van der Waals surface area contributed by atoms with E-state index in [1.54, 1.807) is 30.5 Å². The molecule has 0 aliphatic carbocycles. The van der Waals surface area contributed by atoms with E-state index in [4.69, 9.17) is 4.74 Å².